The first-order valence-electron chi connectivity index (χ1n) is 6.38. The Morgan fingerprint density at radius 2 is 1.90 bits per heavy atom. The molecule has 0 atom stereocenters. The van der Waals surface area contributed by atoms with Crippen LogP contribution in [0.25, 0.3) is 10.9 Å². The zero-order valence-corrected chi connectivity index (χ0v) is 12.5. The van der Waals surface area contributed by atoms with Crippen LogP contribution in [-0.2, 0) is 6.54 Å². The SMILES string of the molecule is NC(=O)c1ccc(Cn2ccc3cccc(Cl)c32)c(Cl)c1. The van der Waals surface area contributed by atoms with Gasteiger partial charge in [-0.2, -0.15) is 0 Å². The van der Waals surface area contributed by atoms with Crippen LogP contribution in [0.3, 0.4) is 0 Å². The monoisotopic (exact) mass is 318 g/mol. The fourth-order valence-corrected chi connectivity index (χ4v) is 2.89. The molecule has 0 saturated heterocycles. The smallest absolute Gasteiger partial charge is 0.248 e. The molecule has 106 valence electrons. The standard InChI is InChI=1S/C16H12Cl2N2O/c17-13-3-1-2-10-6-7-20(15(10)13)9-12-5-4-11(16(19)21)8-14(12)18/h1-8H,9H2,(H2,19,21). The highest BCUT2D eigenvalue weighted by Crippen LogP contribution is 2.26. The summed E-state index contributed by atoms with van der Waals surface area (Å²) in [6.07, 6.45) is 1.97. The highest BCUT2D eigenvalue weighted by atomic mass is 35.5. The molecule has 0 aliphatic heterocycles. The zero-order valence-electron chi connectivity index (χ0n) is 11.0. The van der Waals surface area contributed by atoms with Gasteiger partial charge in [0.25, 0.3) is 0 Å². The van der Waals surface area contributed by atoms with Gasteiger partial charge in [-0.3, -0.25) is 4.79 Å². The van der Waals surface area contributed by atoms with Gasteiger partial charge in [-0.15, -0.1) is 0 Å². The van der Waals surface area contributed by atoms with E-state index >= 15 is 0 Å². The fourth-order valence-electron chi connectivity index (χ4n) is 2.36. The zero-order chi connectivity index (χ0) is 15.0. The van der Waals surface area contributed by atoms with E-state index in [9.17, 15) is 4.79 Å². The Labute approximate surface area is 131 Å². The molecule has 1 aromatic heterocycles. The molecule has 21 heavy (non-hydrogen) atoms. The maximum absolute atomic E-state index is 11.1. The van der Waals surface area contributed by atoms with Crippen molar-refractivity contribution in [3.63, 3.8) is 0 Å². The first-order chi connectivity index (χ1) is 10.1. The van der Waals surface area contributed by atoms with Crippen LogP contribution in [0.15, 0.2) is 48.7 Å². The molecule has 0 aliphatic rings. The average Bonchev–Trinajstić information content (AvgIpc) is 2.85. The normalized spacial score (nSPS) is 11.0. The van der Waals surface area contributed by atoms with Gasteiger partial charge in [-0.1, -0.05) is 41.4 Å². The number of carbonyl (C=O) groups is 1. The summed E-state index contributed by atoms with van der Waals surface area (Å²) in [6.45, 7) is 0.575. The Kier molecular flexibility index (Phi) is 3.62. The van der Waals surface area contributed by atoms with Crippen LogP contribution in [-0.4, -0.2) is 10.5 Å². The van der Waals surface area contributed by atoms with Crippen LogP contribution < -0.4 is 5.73 Å². The summed E-state index contributed by atoms with van der Waals surface area (Å²) in [6, 6.07) is 12.9. The fraction of sp³-hybridized carbons (Fsp3) is 0.0625. The summed E-state index contributed by atoms with van der Waals surface area (Å²) in [7, 11) is 0. The van der Waals surface area contributed by atoms with Crippen LogP contribution in [0.5, 0.6) is 0 Å². The van der Waals surface area contributed by atoms with E-state index in [2.05, 4.69) is 0 Å². The van der Waals surface area contributed by atoms with E-state index < -0.39 is 5.91 Å². The number of rotatable bonds is 3. The van der Waals surface area contributed by atoms with Gasteiger partial charge >= 0.3 is 0 Å². The molecular weight excluding hydrogens is 307 g/mol. The molecular formula is C16H12Cl2N2O. The Morgan fingerprint density at radius 3 is 2.62 bits per heavy atom. The highest BCUT2D eigenvalue weighted by molar-refractivity contribution is 6.35. The number of aromatic nitrogens is 1. The van der Waals surface area contributed by atoms with E-state index in [1.165, 1.54) is 0 Å². The minimum absolute atomic E-state index is 0.402. The molecule has 2 N–H and O–H groups in total. The number of hydrogen-bond acceptors (Lipinski definition) is 1. The van der Waals surface area contributed by atoms with Gasteiger partial charge in [0.2, 0.25) is 5.91 Å². The third-order valence-electron chi connectivity index (χ3n) is 3.42. The van der Waals surface area contributed by atoms with Gasteiger partial charge < -0.3 is 10.3 Å². The quantitative estimate of drug-likeness (QED) is 0.776. The predicted octanol–water partition coefficient (Wildman–Crippen LogP) is 4.10. The summed E-state index contributed by atoms with van der Waals surface area (Å²) >= 11 is 12.5. The topological polar surface area (TPSA) is 48.0 Å². The van der Waals surface area contributed by atoms with Crippen LogP contribution in [0.1, 0.15) is 15.9 Å². The minimum atomic E-state index is -0.488. The van der Waals surface area contributed by atoms with E-state index in [4.69, 9.17) is 28.9 Å². The number of para-hydroxylation sites is 1. The number of amides is 1. The summed E-state index contributed by atoms with van der Waals surface area (Å²) in [5.74, 6) is -0.488. The molecule has 1 amide bonds. The van der Waals surface area contributed by atoms with Crippen molar-refractivity contribution >= 4 is 40.0 Å². The third-order valence-corrected chi connectivity index (χ3v) is 4.07. The summed E-state index contributed by atoms with van der Waals surface area (Å²) in [4.78, 5) is 11.1. The van der Waals surface area contributed by atoms with Crippen LogP contribution in [0.4, 0.5) is 0 Å². The third kappa shape index (κ3) is 2.62. The van der Waals surface area contributed by atoms with Gasteiger partial charge in [0.15, 0.2) is 0 Å². The van der Waals surface area contributed by atoms with Crippen molar-refractivity contribution in [2.75, 3.05) is 0 Å². The second-order valence-corrected chi connectivity index (χ2v) is 5.61. The van der Waals surface area contributed by atoms with Crippen molar-refractivity contribution in [2.24, 2.45) is 5.73 Å². The molecule has 0 unspecified atom stereocenters. The largest absolute Gasteiger partial charge is 0.366 e. The Morgan fingerprint density at radius 1 is 1.10 bits per heavy atom. The van der Waals surface area contributed by atoms with Gasteiger partial charge in [0.1, 0.15) is 0 Å². The molecule has 1 heterocycles. The van der Waals surface area contributed by atoms with E-state index in [1.54, 1.807) is 12.1 Å². The predicted molar refractivity (Wildman–Crippen MR) is 86.0 cm³/mol. The molecule has 0 radical (unpaired) electrons. The molecule has 2 aromatic carbocycles. The summed E-state index contributed by atoms with van der Waals surface area (Å²) in [5, 5.41) is 2.29. The lowest BCUT2D eigenvalue weighted by atomic mass is 10.1. The number of nitrogens with zero attached hydrogens (tertiary/aromatic N) is 1. The van der Waals surface area contributed by atoms with Gasteiger partial charge in [0, 0.05) is 28.7 Å². The van der Waals surface area contributed by atoms with Gasteiger partial charge in [-0.25, -0.2) is 0 Å². The van der Waals surface area contributed by atoms with Crippen LogP contribution in [0.2, 0.25) is 10.0 Å². The maximum Gasteiger partial charge on any atom is 0.248 e. The van der Waals surface area contributed by atoms with E-state index in [0.717, 1.165) is 16.5 Å². The van der Waals surface area contributed by atoms with Crippen molar-refractivity contribution in [3.05, 3.63) is 69.8 Å². The van der Waals surface area contributed by atoms with E-state index in [-0.39, 0.29) is 0 Å². The number of nitrogens with two attached hydrogens (primary N) is 1. The van der Waals surface area contributed by atoms with Crippen molar-refractivity contribution in [1.82, 2.24) is 4.57 Å². The Balaban J connectivity index is 2.01. The molecule has 0 bridgehead atoms. The van der Waals surface area contributed by atoms with Gasteiger partial charge in [0.05, 0.1) is 10.5 Å². The molecule has 3 nitrogen and oxygen atoms in total. The summed E-state index contributed by atoms with van der Waals surface area (Å²) < 4.78 is 2.03. The number of carbonyl (C=O) groups excluding carboxylic acids is 1. The Hall–Kier alpha value is -1.97. The lowest BCUT2D eigenvalue weighted by molar-refractivity contribution is 0.100. The van der Waals surface area contributed by atoms with Crippen molar-refractivity contribution in [2.45, 2.75) is 6.54 Å². The van der Waals surface area contributed by atoms with Crippen LogP contribution in [0, 0.1) is 0 Å². The molecule has 0 spiro atoms. The average molecular weight is 319 g/mol. The molecule has 0 saturated carbocycles. The maximum atomic E-state index is 11.1. The van der Waals surface area contributed by atoms with E-state index in [0.29, 0.717) is 22.2 Å². The first-order valence-corrected chi connectivity index (χ1v) is 7.13. The molecule has 3 rings (SSSR count). The molecule has 0 aliphatic carbocycles. The van der Waals surface area contributed by atoms with Gasteiger partial charge in [-0.05, 0) is 29.8 Å². The molecule has 5 heteroatoms. The second kappa shape index (κ2) is 5.43. The number of fused-ring (bicyclic) bond motifs is 1. The van der Waals surface area contributed by atoms with E-state index in [1.807, 2.05) is 41.1 Å². The highest BCUT2D eigenvalue weighted by Gasteiger charge is 2.09. The lowest BCUT2D eigenvalue weighted by Gasteiger charge is -2.09. The minimum Gasteiger partial charge on any atom is -0.366 e. The van der Waals surface area contributed by atoms with Crippen molar-refractivity contribution in [3.8, 4) is 0 Å². The first kappa shape index (κ1) is 14.0. The number of hydrogen-bond donors (Lipinski definition) is 1. The number of benzene rings is 2. The number of halogens is 2. The second-order valence-electron chi connectivity index (χ2n) is 4.79. The van der Waals surface area contributed by atoms with Crippen LogP contribution >= 0.6 is 23.2 Å². The van der Waals surface area contributed by atoms with Crippen molar-refractivity contribution in [1.29, 1.82) is 0 Å². The van der Waals surface area contributed by atoms with Crippen molar-refractivity contribution < 1.29 is 4.79 Å². The molecule has 0 fully saturated rings. The number of primary amides is 1. The Bertz CT molecular complexity index is 839. The molecule has 3 aromatic rings. The lowest BCUT2D eigenvalue weighted by Crippen LogP contribution is -2.11. The summed E-state index contributed by atoms with van der Waals surface area (Å²) in [5.41, 5.74) is 7.51.